The molecule has 0 saturated carbocycles. The van der Waals surface area contributed by atoms with Gasteiger partial charge in [0.15, 0.2) is 17.5 Å². The number of guanidine groups is 1. The molecule has 0 spiro atoms. The molecule has 8 heteroatoms. The Bertz CT molecular complexity index is 670. The van der Waals surface area contributed by atoms with Crippen LogP contribution in [0.25, 0.3) is 0 Å². The molecule has 1 heterocycles. The molecule has 0 radical (unpaired) electrons. The van der Waals surface area contributed by atoms with Crippen LogP contribution in [0.4, 0.5) is 0 Å². The van der Waals surface area contributed by atoms with E-state index in [4.69, 9.17) is 14.2 Å². The summed E-state index contributed by atoms with van der Waals surface area (Å²) in [4.78, 5) is 6.89. The molecule has 1 aliphatic rings. The number of hydrogen-bond acceptors (Lipinski definition) is 5. The molecule has 166 valence electrons. The molecular formula is C21H37IN4O3. The summed E-state index contributed by atoms with van der Waals surface area (Å²) in [5, 5.41) is 7.00. The molecule has 0 aromatic heterocycles. The number of nitrogens with zero attached hydrogens (tertiary/aromatic N) is 2. The third-order valence-electron chi connectivity index (χ3n) is 5.39. The lowest BCUT2D eigenvalue weighted by Gasteiger charge is -2.22. The number of rotatable bonds is 8. The van der Waals surface area contributed by atoms with Gasteiger partial charge in [0.05, 0.1) is 21.3 Å². The van der Waals surface area contributed by atoms with Crippen molar-refractivity contribution < 1.29 is 14.2 Å². The topological polar surface area (TPSA) is 67.4 Å². The molecule has 2 rings (SSSR count). The molecule has 7 nitrogen and oxygen atoms in total. The highest BCUT2D eigenvalue weighted by molar-refractivity contribution is 14.0. The van der Waals surface area contributed by atoms with Crippen LogP contribution in [0, 0.1) is 5.92 Å². The average molecular weight is 520 g/mol. The maximum absolute atomic E-state index is 5.57. The summed E-state index contributed by atoms with van der Waals surface area (Å²) in [7, 11) is 6.71. The lowest BCUT2D eigenvalue weighted by molar-refractivity contribution is 0.265. The molecule has 1 fully saturated rings. The second-order valence-electron chi connectivity index (χ2n) is 7.52. The lowest BCUT2D eigenvalue weighted by atomic mass is 10.1. The largest absolute Gasteiger partial charge is 0.493 e. The van der Waals surface area contributed by atoms with Gasteiger partial charge in [-0.3, -0.25) is 9.89 Å². The quantitative estimate of drug-likeness (QED) is 0.312. The highest BCUT2D eigenvalue weighted by Gasteiger charge is 2.31. The van der Waals surface area contributed by atoms with Crippen molar-refractivity contribution in [3.63, 3.8) is 0 Å². The van der Waals surface area contributed by atoms with Crippen LogP contribution < -0.4 is 24.8 Å². The van der Waals surface area contributed by atoms with Crippen molar-refractivity contribution in [3.8, 4) is 17.2 Å². The molecule has 29 heavy (non-hydrogen) atoms. The van der Waals surface area contributed by atoms with Crippen LogP contribution in [0.3, 0.4) is 0 Å². The van der Waals surface area contributed by atoms with Gasteiger partial charge in [0, 0.05) is 44.3 Å². The highest BCUT2D eigenvalue weighted by atomic mass is 127. The van der Waals surface area contributed by atoms with E-state index in [-0.39, 0.29) is 24.0 Å². The van der Waals surface area contributed by atoms with E-state index in [1.54, 1.807) is 21.3 Å². The molecule has 2 atom stereocenters. The second-order valence-corrected chi connectivity index (χ2v) is 7.52. The summed E-state index contributed by atoms with van der Waals surface area (Å²) in [6, 6.07) is 4.90. The van der Waals surface area contributed by atoms with Crippen LogP contribution in [0.5, 0.6) is 17.2 Å². The molecule has 1 aliphatic heterocycles. The summed E-state index contributed by atoms with van der Waals surface area (Å²) in [5.74, 6) is 3.43. The molecule has 2 unspecified atom stereocenters. The smallest absolute Gasteiger partial charge is 0.203 e. The van der Waals surface area contributed by atoms with E-state index in [0.29, 0.717) is 35.3 Å². The highest BCUT2D eigenvalue weighted by Crippen LogP contribution is 2.39. The van der Waals surface area contributed by atoms with E-state index < -0.39 is 0 Å². The van der Waals surface area contributed by atoms with E-state index in [2.05, 4.69) is 41.3 Å². The number of aliphatic imine (C=N–C) groups is 1. The van der Waals surface area contributed by atoms with Crippen LogP contribution in [0.2, 0.25) is 0 Å². The Morgan fingerprint density at radius 3 is 2.34 bits per heavy atom. The van der Waals surface area contributed by atoms with Crippen molar-refractivity contribution in [1.82, 2.24) is 15.5 Å². The third kappa shape index (κ3) is 6.53. The molecule has 2 N–H and O–H groups in total. The summed E-state index contributed by atoms with van der Waals surface area (Å²) in [6.45, 7) is 9.69. The van der Waals surface area contributed by atoms with Crippen molar-refractivity contribution in [3.05, 3.63) is 17.7 Å². The first-order chi connectivity index (χ1) is 13.4. The summed E-state index contributed by atoms with van der Waals surface area (Å²) in [6.07, 6.45) is 0.780. The van der Waals surface area contributed by atoms with Gasteiger partial charge >= 0.3 is 0 Å². The summed E-state index contributed by atoms with van der Waals surface area (Å²) < 4.78 is 16.4. The Morgan fingerprint density at radius 2 is 1.83 bits per heavy atom. The fourth-order valence-corrected chi connectivity index (χ4v) is 3.66. The van der Waals surface area contributed by atoms with Gasteiger partial charge in [0.25, 0.3) is 0 Å². The number of methoxy groups -OCH3 is 3. The number of ether oxygens (including phenoxy) is 3. The Labute approximate surface area is 192 Å². The molecule has 1 saturated heterocycles. The van der Waals surface area contributed by atoms with Crippen molar-refractivity contribution in [2.24, 2.45) is 10.9 Å². The van der Waals surface area contributed by atoms with E-state index in [1.807, 2.05) is 19.2 Å². The fraction of sp³-hybridized carbons (Fsp3) is 0.667. The van der Waals surface area contributed by atoms with Crippen LogP contribution >= 0.6 is 24.0 Å². The number of benzene rings is 1. The number of halogens is 1. The lowest BCUT2D eigenvalue weighted by Crippen LogP contribution is -2.47. The van der Waals surface area contributed by atoms with Gasteiger partial charge in [0.1, 0.15) is 0 Å². The van der Waals surface area contributed by atoms with Crippen molar-refractivity contribution in [2.75, 3.05) is 48.0 Å². The van der Waals surface area contributed by atoms with Crippen LogP contribution in [-0.2, 0) is 6.42 Å². The standard InChI is InChI=1S/C21H36N4O3.HI/c1-14(2)25-12-15(3)17(13-25)24-21(22-4)23-11-10-16-8-9-18(26-5)20(28-7)19(16)27-6;/h8-9,14-15,17H,10-13H2,1-7H3,(H2,22,23,24);1H. The van der Waals surface area contributed by atoms with Gasteiger partial charge < -0.3 is 24.8 Å². The zero-order valence-corrected chi connectivity index (χ0v) is 21.1. The zero-order chi connectivity index (χ0) is 20.7. The van der Waals surface area contributed by atoms with Gasteiger partial charge in [-0.25, -0.2) is 0 Å². The molecule has 0 amide bonds. The first kappa shape index (κ1) is 25.6. The zero-order valence-electron chi connectivity index (χ0n) is 18.7. The van der Waals surface area contributed by atoms with Gasteiger partial charge in [-0.2, -0.15) is 0 Å². The van der Waals surface area contributed by atoms with Crippen LogP contribution in [0.1, 0.15) is 26.3 Å². The predicted molar refractivity (Wildman–Crippen MR) is 129 cm³/mol. The van der Waals surface area contributed by atoms with Crippen molar-refractivity contribution >= 4 is 29.9 Å². The second kappa shape index (κ2) is 12.3. The molecule has 1 aromatic carbocycles. The molecular weight excluding hydrogens is 483 g/mol. The van der Waals surface area contributed by atoms with E-state index in [9.17, 15) is 0 Å². The number of hydrogen-bond donors (Lipinski definition) is 2. The average Bonchev–Trinajstić information content (AvgIpc) is 3.07. The molecule has 0 aliphatic carbocycles. The van der Waals surface area contributed by atoms with Gasteiger partial charge in [0.2, 0.25) is 5.75 Å². The molecule has 1 aromatic rings. The molecule has 0 bridgehead atoms. The number of nitrogens with one attached hydrogen (secondary N) is 2. The Morgan fingerprint density at radius 1 is 1.14 bits per heavy atom. The first-order valence-corrected chi connectivity index (χ1v) is 9.94. The minimum Gasteiger partial charge on any atom is -0.493 e. The van der Waals surface area contributed by atoms with Crippen molar-refractivity contribution in [1.29, 1.82) is 0 Å². The Kier molecular flexibility index (Phi) is 10.9. The van der Waals surface area contributed by atoms with E-state index in [0.717, 1.165) is 37.6 Å². The summed E-state index contributed by atoms with van der Waals surface area (Å²) >= 11 is 0. The normalized spacial score (nSPS) is 19.7. The Hall–Kier alpha value is -1.42. The first-order valence-electron chi connectivity index (χ1n) is 9.94. The number of likely N-dealkylation sites (tertiary alicyclic amines) is 1. The van der Waals surface area contributed by atoms with Crippen LogP contribution in [-0.4, -0.2) is 71.0 Å². The van der Waals surface area contributed by atoms with E-state index in [1.165, 1.54) is 0 Å². The SMILES string of the molecule is CN=C(NCCc1ccc(OC)c(OC)c1OC)NC1CN(C(C)C)CC1C.I. The minimum atomic E-state index is 0. The van der Waals surface area contributed by atoms with E-state index >= 15 is 0 Å². The third-order valence-corrected chi connectivity index (χ3v) is 5.39. The summed E-state index contributed by atoms with van der Waals surface area (Å²) in [5.41, 5.74) is 1.06. The fourth-order valence-electron chi connectivity index (χ4n) is 3.66. The predicted octanol–water partition coefficient (Wildman–Crippen LogP) is 2.77. The van der Waals surface area contributed by atoms with Gasteiger partial charge in [-0.05, 0) is 32.3 Å². The maximum atomic E-state index is 5.57. The maximum Gasteiger partial charge on any atom is 0.203 e. The van der Waals surface area contributed by atoms with Crippen molar-refractivity contribution in [2.45, 2.75) is 39.3 Å². The Balaban J connectivity index is 0.00000420. The van der Waals surface area contributed by atoms with Gasteiger partial charge in [-0.15, -0.1) is 24.0 Å². The monoisotopic (exact) mass is 520 g/mol. The minimum absolute atomic E-state index is 0. The van der Waals surface area contributed by atoms with Gasteiger partial charge in [-0.1, -0.05) is 13.0 Å². The van der Waals surface area contributed by atoms with Crippen LogP contribution in [0.15, 0.2) is 17.1 Å².